The molecule has 0 N–H and O–H groups in total. The van der Waals surface area contributed by atoms with Gasteiger partial charge in [0, 0.05) is 50.0 Å². The SMILES string of the molecule is C[C@@H]1CN(C(=O)OC(C)(C)C)C/C=C\CN1Cc1ccc2cnccc2c1. The minimum absolute atomic E-state index is 0.232. The maximum absolute atomic E-state index is 12.5. The molecule has 2 aromatic rings. The Balaban J connectivity index is 1.71. The molecule has 0 radical (unpaired) electrons. The highest BCUT2D eigenvalue weighted by atomic mass is 16.6. The van der Waals surface area contributed by atoms with Crippen LogP contribution in [-0.4, -0.2) is 52.2 Å². The number of benzene rings is 1. The lowest BCUT2D eigenvalue weighted by Gasteiger charge is -2.35. The number of carbonyl (C=O) groups excluding carboxylic acids is 1. The van der Waals surface area contributed by atoms with Crippen molar-refractivity contribution in [2.75, 3.05) is 19.6 Å². The fraction of sp³-hybridized carbons (Fsp3) is 0.455. The zero-order valence-electron chi connectivity index (χ0n) is 16.7. The third-order valence-electron chi connectivity index (χ3n) is 4.68. The smallest absolute Gasteiger partial charge is 0.410 e. The largest absolute Gasteiger partial charge is 0.444 e. The first kappa shape index (κ1) is 19.4. The van der Waals surface area contributed by atoms with Gasteiger partial charge in [-0.2, -0.15) is 0 Å². The number of fused-ring (bicyclic) bond motifs is 1. The van der Waals surface area contributed by atoms with Crippen molar-refractivity contribution in [1.82, 2.24) is 14.8 Å². The molecule has 0 unspecified atom stereocenters. The van der Waals surface area contributed by atoms with E-state index >= 15 is 0 Å². The van der Waals surface area contributed by atoms with E-state index in [2.05, 4.69) is 47.2 Å². The van der Waals surface area contributed by atoms with Gasteiger partial charge < -0.3 is 9.64 Å². The van der Waals surface area contributed by atoms with Crippen molar-refractivity contribution in [2.45, 2.75) is 45.9 Å². The maximum atomic E-state index is 12.5. The molecule has 0 fully saturated rings. The molecule has 0 bridgehead atoms. The number of pyridine rings is 1. The van der Waals surface area contributed by atoms with Crippen molar-refractivity contribution in [3.63, 3.8) is 0 Å². The van der Waals surface area contributed by atoms with Gasteiger partial charge in [0.25, 0.3) is 0 Å². The van der Waals surface area contributed by atoms with E-state index in [1.807, 2.05) is 39.2 Å². The van der Waals surface area contributed by atoms with Crippen LogP contribution in [-0.2, 0) is 11.3 Å². The van der Waals surface area contributed by atoms with Crippen molar-refractivity contribution >= 4 is 16.9 Å². The third kappa shape index (κ3) is 5.30. The number of amides is 1. The lowest BCUT2D eigenvalue weighted by atomic mass is 10.1. The fourth-order valence-electron chi connectivity index (χ4n) is 3.26. The zero-order chi connectivity index (χ0) is 19.4. The van der Waals surface area contributed by atoms with E-state index in [4.69, 9.17) is 4.74 Å². The first-order chi connectivity index (χ1) is 12.8. The summed E-state index contributed by atoms with van der Waals surface area (Å²) >= 11 is 0. The first-order valence-electron chi connectivity index (χ1n) is 9.51. The average Bonchev–Trinajstić information content (AvgIpc) is 2.59. The van der Waals surface area contributed by atoms with E-state index in [1.54, 1.807) is 4.90 Å². The number of hydrogen-bond donors (Lipinski definition) is 0. The lowest BCUT2D eigenvalue weighted by molar-refractivity contribution is 0.0213. The quantitative estimate of drug-likeness (QED) is 0.745. The number of ether oxygens (including phenoxy) is 1. The van der Waals surface area contributed by atoms with Gasteiger partial charge in [0.2, 0.25) is 0 Å². The number of rotatable bonds is 2. The van der Waals surface area contributed by atoms with E-state index in [0.29, 0.717) is 13.1 Å². The van der Waals surface area contributed by atoms with Crippen molar-refractivity contribution in [3.8, 4) is 0 Å². The summed E-state index contributed by atoms with van der Waals surface area (Å²) in [7, 11) is 0. The molecule has 1 aliphatic heterocycles. The van der Waals surface area contributed by atoms with Crippen molar-refractivity contribution in [3.05, 3.63) is 54.4 Å². The Kier molecular flexibility index (Phi) is 5.80. The molecule has 27 heavy (non-hydrogen) atoms. The summed E-state index contributed by atoms with van der Waals surface area (Å²) in [4.78, 5) is 20.8. The molecule has 1 aromatic heterocycles. The molecular formula is C22H29N3O2. The molecule has 1 atom stereocenters. The third-order valence-corrected chi connectivity index (χ3v) is 4.68. The minimum Gasteiger partial charge on any atom is -0.444 e. The highest BCUT2D eigenvalue weighted by Gasteiger charge is 2.25. The molecule has 0 saturated heterocycles. The fourth-order valence-corrected chi connectivity index (χ4v) is 3.26. The molecule has 0 spiro atoms. The standard InChI is InChI=1S/C22H29N3O2/c1-17-15-25(21(26)27-22(2,3)4)12-6-5-11-24(17)16-18-7-8-20-14-23-10-9-19(20)13-18/h5-10,13-14,17H,11-12,15-16H2,1-4H3/b6-5-/t17-/m1/s1. The van der Waals surface area contributed by atoms with Gasteiger partial charge in [-0.3, -0.25) is 9.88 Å². The van der Waals surface area contributed by atoms with Crippen LogP contribution in [0.2, 0.25) is 0 Å². The number of hydrogen-bond acceptors (Lipinski definition) is 4. The molecule has 1 aliphatic rings. The second-order valence-electron chi connectivity index (χ2n) is 8.19. The van der Waals surface area contributed by atoms with Crippen molar-refractivity contribution < 1.29 is 9.53 Å². The van der Waals surface area contributed by atoms with E-state index in [-0.39, 0.29) is 12.1 Å². The molecule has 5 nitrogen and oxygen atoms in total. The van der Waals surface area contributed by atoms with Crippen LogP contribution in [0.3, 0.4) is 0 Å². The van der Waals surface area contributed by atoms with Crippen molar-refractivity contribution in [2.24, 2.45) is 0 Å². The van der Waals surface area contributed by atoms with Crippen LogP contribution in [0.25, 0.3) is 10.8 Å². The van der Waals surface area contributed by atoms with Crippen LogP contribution in [0.5, 0.6) is 0 Å². The highest BCUT2D eigenvalue weighted by Crippen LogP contribution is 2.18. The Bertz CT molecular complexity index is 826. The summed E-state index contributed by atoms with van der Waals surface area (Å²) in [5.41, 5.74) is 0.782. The molecule has 144 valence electrons. The number of nitrogens with zero attached hydrogens (tertiary/aromatic N) is 3. The van der Waals surface area contributed by atoms with Crippen LogP contribution in [0, 0.1) is 0 Å². The van der Waals surface area contributed by atoms with Crippen LogP contribution in [0.1, 0.15) is 33.3 Å². The Morgan fingerprint density at radius 2 is 1.96 bits per heavy atom. The molecule has 1 amide bonds. The first-order valence-corrected chi connectivity index (χ1v) is 9.51. The van der Waals surface area contributed by atoms with Crippen LogP contribution in [0.4, 0.5) is 4.79 Å². The van der Waals surface area contributed by atoms with Gasteiger partial charge in [-0.15, -0.1) is 0 Å². The van der Waals surface area contributed by atoms with Crippen LogP contribution >= 0.6 is 0 Å². The summed E-state index contributed by atoms with van der Waals surface area (Å²) in [5, 5.41) is 2.35. The normalized spacial score (nSPS) is 20.1. The Labute approximate surface area is 161 Å². The molecule has 5 heteroatoms. The van der Waals surface area contributed by atoms with Gasteiger partial charge in [0.15, 0.2) is 0 Å². The predicted octanol–water partition coefficient (Wildman–Crippen LogP) is 4.23. The summed E-state index contributed by atoms with van der Waals surface area (Å²) < 4.78 is 5.55. The Morgan fingerprint density at radius 1 is 1.19 bits per heavy atom. The summed E-state index contributed by atoms with van der Waals surface area (Å²) in [6, 6.07) is 8.77. The lowest BCUT2D eigenvalue weighted by Crippen LogP contribution is -2.47. The van der Waals surface area contributed by atoms with Gasteiger partial charge in [-0.05, 0) is 50.8 Å². The van der Waals surface area contributed by atoms with E-state index in [1.165, 1.54) is 10.9 Å². The maximum Gasteiger partial charge on any atom is 0.410 e. The molecule has 0 saturated carbocycles. The second kappa shape index (κ2) is 8.09. The molecule has 2 heterocycles. The van der Waals surface area contributed by atoms with Gasteiger partial charge in [-0.1, -0.05) is 24.3 Å². The second-order valence-corrected chi connectivity index (χ2v) is 8.19. The Morgan fingerprint density at radius 3 is 2.74 bits per heavy atom. The molecular weight excluding hydrogens is 338 g/mol. The van der Waals surface area contributed by atoms with Gasteiger partial charge in [0.1, 0.15) is 5.60 Å². The monoisotopic (exact) mass is 367 g/mol. The molecule has 0 aliphatic carbocycles. The average molecular weight is 367 g/mol. The van der Waals surface area contributed by atoms with Crippen LogP contribution < -0.4 is 0 Å². The van der Waals surface area contributed by atoms with Gasteiger partial charge >= 0.3 is 6.09 Å². The van der Waals surface area contributed by atoms with Gasteiger partial charge in [0.05, 0.1) is 0 Å². The van der Waals surface area contributed by atoms with Crippen LogP contribution in [0.15, 0.2) is 48.8 Å². The summed E-state index contributed by atoms with van der Waals surface area (Å²) in [5.74, 6) is 0. The predicted molar refractivity (Wildman–Crippen MR) is 109 cm³/mol. The number of aromatic nitrogens is 1. The summed E-state index contributed by atoms with van der Waals surface area (Å²) in [6.07, 6.45) is 7.65. The summed E-state index contributed by atoms with van der Waals surface area (Å²) in [6.45, 7) is 10.8. The van der Waals surface area contributed by atoms with E-state index in [0.717, 1.165) is 18.5 Å². The minimum atomic E-state index is -0.480. The van der Waals surface area contributed by atoms with Gasteiger partial charge in [-0.25, -0.2) is 4.79 Å². The van der Waals surface area contributed by atoms with E-state index < -0.39 is 5.60 Å². The van der Waals surface area contributed by atoms with E-state index in [9.17, 15) is 4.79 Å². The topological polar surface area (TPSA) is 45.7 Å². The molecule has 1 aromatic carbocycles. The highest BCUT2D eigenvalue weighted by molar-refractivity contribution is 5.82. The van der Waals surface area contributed by atoms with Crippen molar-refractivity contribution in [1.29, 1.82) is 0 Å². The Hall–Kier alpha value is -2.40. The zero-order valence-corrected chi connectivity index (χ0v) is 16.7. The molecule has 3 rings (SSSR count). The number of carbonyl (C=O) groups is 1.